The molecule has 0 atom stereocenters. The molecular formula is C13H23ClFNSi. The molecule has 1 rings (SSSR count). The molecule has 0 saturated heterocycles. The molecule has 0 aliphatic rings. The van der Waals surface area contributed by atoms with Gasteiger partial charge in [0.05, 0.1) is 0 Å². The summed E-state index contributed by atoms with van der Waals surface area (Å²) in [5.74, 6) is -0.300. The van der Waals surface area contributed by atoms with Gasteiger partial charge in [-0.3, -0.25) is 0 Å². The maximum Gasteiger partial charge on any atom is 0.170 e. The second kappa shape index (κ2) is 5.15. The first-order valence-electron chi connectivity index (χ1n) is 6.29. The van der Waals surface area contributed by atoms with Crippen molar-refractivity contribution in [2.24, 2.45) is 0 Å². The molecule has 1 aromatic heterocycles. The molecule has 0 N–H and O–H groups in total. The molecule has 0 saturated carbocycles. The Hall–Kier alpha value is -0.283. The minimum atomic E-state index is -1.88. The highest BCUT2D eigenvalue weighted by Gasteiger charge is 2.46. The summed E-state index contributed by atoms with van der Waals surface area (Å²) < 4.78 is 15.6. The molecule has 0 radical (unpaired) electrons. The molecule has 0 amide bonds. The third-order valence-corrected chi connectivity index (χ3v) is 11.2. The lowest BCUT2D eigenvalue weighted by Gasteiger charge is -2.44. The van der Waals surface area contributed by atoms with Gasteiger partial charge in [0.2, 0.25) is 0 Å². The number of hydrogen-bond acceptors (Lipinski definition) is 0. The van der Waals surface area contributed by atoms with Gasteiger partial charge in [-0.2, -0.15) is 0 Å². The van der Waals surface area contributed by atoms with E-state index in [1.807, 2.05) is 6.20 Å². The standard InChI is InChI=1S/C13H23ClFNSi/c1-9(2)17(10(3)4,11(5)6)16-8-7-12(15)13(16)14/h7-11H,1-6H3. The van der Waals surface area contributed by atoms with Crippen LogP contribution < -0.4 is 0 Å². The number of aromatic nitrogens is 1. The Morgan fingerprint density at radius 3 is 1.71 bits per heavy atom. The van der Waals surface area contributed by atoms with Crippen LogP contribution in [0.15, 0.2) is 12.3 Å². The van der Waals surface area contributed by atoms with Gasteiger partial charge in [-0.15, -0.1) is 0 Å². The molecule has 4 heteroatoms. The van der Waals surface area contributed by atoms with Crippen molar-refractivity contribution in [2.75, 3.05) is 0 Å². The van der Waals surface area contributed by atoms with Gasteiger partial charge >= 0.3 is 0 Å². The Balaban J connectivity index is 3.47. The predicted octanol–water partition coefficient (Wildman–Crippen LogP) is 5.30. The highest BCUT2D eigenvalue weighted by Crippen LogP contribution is 2.44. The van der Waals surface area contributed by atoms with Gasteiger partial charge < -0.3 is 4.23 Å². The van der Waals surface area contributed by atoms with Crippen molar-refractivity contribution < 1.29 is 4.39 Å². The first-order valence-corrected chi connectivity index (χ1v) is 8.84. The summed E-state index contributed by atoms with van der Waals surface area (Å²) in [7, 11) is -1.88. The van der Waals surface area contributed by atoms with Crippen molar-refractivity contribution in [3.8, 4) is 0 Å². The second-order valence-corrected chi connectivity index (χ2v) is 11.8. The molecule has 0 aromatic carbocycles. The number of nitrogens with zero attached hydrogens (tertiary/aromatic N) is 1. The number of hydrogen-bond donors (Lipinski definition) is 0. The zero-order valence-electron chi connectivity index (χ0n) is 11.6. The minimum absolute atomic E-state index is 0.285. The minimum Gasteiger partial charge on any atom is -0.362 e. The van der Waals surface area contributed by atoms with Crippen LogP contribution >= 0.6 is 11.6 Å². The van der Waals surface area contributed by atoms with E-state index >= 15 is 0 Å². The topological polar surface area (TPSA) is 4.93 Å². The van der Waals surface area contributed by atoms with Crippen molar-refractivity contribution in [3.63, 3.8) is 0 Å². The van der Waals surface area contributed by atoms with Crippen molar-refractivity contribution in [1.82, 2.24) is 4.23 Å². The van der Waals surface area contributed by atoms with Crippen LogP contribution in [0.3, 0.4) is 0 Å². The second-order valence-electron chi connectivity index (χ2n) is 5.68. The van der Waals surface area contributed by atoms with E-state index in [-0.39, 0.29) is 11.0 Å². The van der Waals surface area contributed by atoms with Gasteiger partial charge in [-0.25, -0.2) is 4.39 Å². The molecule has 0 fully saturated rings. The van der Waals surface area contributed by atoms with Crippen molar-refractivity contribution in [3.05, 3.63) is 23.2 Å². The molecule has 0 aliphatic heterocycles. The predicted molar refractivity (Wildman–Crippen MR) is 75.8 cm³/mol. The third-order valence-electron chi connectivity index (χ3n) is 3.97. The van der Waals surface area contributed by atoms with Crippen molar-refractivity contribution in [1.29, 1.82) is 0 Å². The highest BCUT2D eigenvalue weighted by atomic mass is 35.5. The fourth-order valence-electron chi connectivity index (χ4n) is 3.52. The first kappa shape index (κ1) is 14.8. The quantitative estimate of drug-likeness (QED) is 0.657. The van der Waals surface area contributed by atoms with Crippen LogP contribution in [0.2, 0.25) is 21.8 Å². The van der Waals surface area contributed by atoms with E-state index in [1.54, 1.807) is 0 Å². The zero-order valence-corrected chi connectivity index (χ0v) is 13.3. The highest BCUT2D eigenvalue weighted by molar-refractivity contribution is 6.82. The molecule has 0 bridgehead atoms. The summed E-state index contributed by atoms with van der Waals surface area (Å²) in [6.07, 6.45) is 1.84. The van der Waals surface area contributed by atoms with Crippen LogP contribution in [0.4, 0.5) is 4.39 Å². The van der Waals surface area contributed by atoms with Crippen LogP contribution in [-0.2, 0) is 0 Å². The van der Waals surface area contributed by atoms with Crippen LogP contribution in [0.25, 0.3) is 0 Å². The molecule has 0 unspecified atom stereocenters. The first-order chi connectivity index (χ1) is 7.76. The molecule has 17 heavy (non-hydrogen) atoms. The lowest BCUT2D eigenvalue weighted by atomic mass is 10.5. The van der Waals surface area contributed by atoms with E-state index in [0.717, 1.165) is 0 Å². The molecule has 1 nitrogen and oxygen atoms in total. The van der Waals surface area contributed by atoms with E-state index < -0.39 is 8.24 Å². The summed E-state index contributed by atoms with van der Waals surface area (Å²) in [6.45, 7) is 13.4. The van der Waals surface area contributed by atoms with Gasteiger partial charge in [0, 0.05) is 0 Å². The lowest BCUT2D eigenvalue weighted by Crippen LogP contribution is -2.51. The molecule has 0 aliphatic carbocycles. The summed E-state index contributed by atoms with van der Waals surface area (Å²) >= 11 is 6.15. The normalized spacial score (nSPS) is 13.1. The smallest absolute Gasteiger partial charge is 0.170 e. The number of halogens is 2. The number of rotatable bonds is 4. The lowest BCUT2D eigenvalue weighted by molar-refractivity contribution is 0.627. The fraction of sp³-hybridized carbons (Fsp3) is 0.692. The Bertz CT molecular complexity index is 363. The Kier molecular flexibility index (Phi) is 4.47. The van der Waals surface area contributed by atoms with Gasteiger partial charge in [-0.1, -0.05) is 53.1 Å². The van der Waals surface area contributed by atoms with Crippen molar-refractivity contribution >= 4 is 19.8 Å². The molecule has 0 spiro atoms. The maximum atomic E-state index is 13.5. The summed E-state index contributed by atoms with van der Waals surface area (Å²) in [5, 5.41) is 0.285. The SMILES string of the molecule is CC(C)[Si](C(C)C)(C(C)C)n1ccc(F)c1Cl. The van der Waals surface area contributed by atoms with E-state index in [0.29, 0.717) is 16.6 Å². The summed E-state index contributed by atoms with van der Waals surface area (Å²) in [5.41, 5.74) is 1.56. The third kappa shape index (κ3) is 2.19. The van der Waals surface area contributed by atoms with Gasteiger partial charge in [0.1, 0.15) is 5.15 Å². The van der Waals surface area contributed by atoms with E-state index in [1.165, 1.54) is 6.07 Å². The van der Waals surface area contributed by atoms with Crippen LogP contribution in [0, 0.1) is 5.82 Å². The Morgan fingerprint density at radius 2 is 1.47 bits per heavy atom. The fourth-order valence-corrected chi connectivity index (χ4v) is 10.5. The average Bonchev–Trinajstić information content (AvgIpc) is 2.49. The maximum absolute atomic E-state index is 13.5. The van der Waals surface area contributed by atoms with Gasteiger partial charge in [0.25, 0.3) is 0 Å². The van der Waals surface area contributed by atoms with Gasteiger partial charge in [-0.05, 0) is 28.9 Å². The molecule has 1 aromatic rings. The Morgan fingerprint density at radius 1 is 1.06 bits per heavy atom. The molecule has 1 heterocycles. The molecule has 98 valence electrons. The largest absolute Gasteiger partial charge is 0.362 e. The van der Waals surface area contributed by atoms with Crippen LogP contribution in [-0.4, -0.2) is 12.5 Å². The van der Waals surface area contributed by atoms with E-state index in [9.17, 15) is 4.39 Å². The Labute approximate surface area is 110 Å². The zero-order chi connectivity index (χ0) is 13.4. The monoisotopic (exact) mass is 275 g/mol. The van der Waals surface area contributed by atoms with Crippen LogP contribution in [0.1, 0.15) is 41.5 Å². The van der Waals surface area contributed by atoms with E-state index in [2.05, 4.69) is 45.8 Å². The summed E-state index contributed by atoms with van der Waals surface area (Å²) in [6, 6.07) is 1.48. The van der Waals surface area contributed by atoms with E-state index in [4.69, 9.17) is 11.6 Å². The summed E-state index contributed by atoms with van der Waals surface area (Å²) in [4.78, 5) is 0. The average molecular weight is 276 g/mol. The van der Waals surface area contributed by atoms with Crippen molar-refractivity contribution in [2.45, 2.75) is 58.2 Å². The molecular weight excluding hydrogens is 253 g/mol. The van der Waals surface area contributed by atoms with Gasteiger partial charge in [0.15, 0.2) is 14.1 Å². The van der Waals surface area contributed by atoms with Crippen LogP contribution in [0.5, 0.6) is 0 Å².